The monoisotopic (exact) mass is 366 g/mol. The van der Waals surface area contributed by atoms with Gasteiger partial charge in [0.25, 0.3) is 0 Å². The molecule has 0 aromatic heterocycles. The Hall–Kier alpha value is -1.24. The van der Waals surface area contributed by atoms with Crippen LogP contribution in [0.3, 0.4) is 0 Å². The van der Waals surface area contributed by atoms with Crippen molar-refractivity contribution >= 4 is 0 Å². The molecular formula is C26H38O. The van der Waals surface area contributed by atoms with E-state index in [-0.39, 0.29) is 0 Å². The molecule has 2 saturated carbocycles. The van der Waals surface area contributed by atoms with Crippen LogP contribution < -0.4 is 0 Å². The van der Waals surface area contributed by atoms with E-state index >= 15 is 0 Å². The second-order valence-electron chi connectivity index (χ2n) is 10.4. The fourth-order valence-corrected chi connectivity index (χ4v) is 7.17. The maximum absolute atomic E-state index is 9.87. The molecule has 0 spiro atoms. The van der Waals surface area contributed by atoms with Crippen molar-refractivity contribution < 1.29 is 5.11 Å². The number of benzene rings is 1. The molecule has 27 heavy (non-hydrogen) atoms. The highest BCUT2D eigenvalue weighted by molar-refractivity contribution is 5.40. The Kier molecular flexibility index (Phi) is 5.16. The lowest BCUT2D eigenvalue weighted by Crippen LogP contribution is -2.43. The largest absolute Gasteiger partial charge is 0.508 e. The van der Waals surface area contributed by atoms with Crippen molar-refractivity contribution in [1.82, 2.24) is 0 Å². The molecule has 2 fully saturated rings. The first kappa shape index (κ1) is 19.1. The first-order valence-corrected chi connectivity index (χ1v) is 11.4. The average Bonchev–Trinajstić information content (AvgIpc) is 2.98. The predicted molar refractivity (Wildman–Crippen MR) is 114 cm³/mol. The number of rotatable bonds is 4. The number of phenolic OH excluding ortho intramolecular Hbond substituents is 1. The molecule has 0 aliphatic heterocycles. The van der Waals surface area contributed by atoms with Crippen molar-refractivity contribution in [2.45, 2.75) is 78.6 Å². The number of aryl methyl sites for hydroxylation is 1. The SMILES string of the molecule is CC(C)CC=C[C@@H](C)[C@H]1CC[C@H]2[C@@H]3CCc4cc(O)ccc4[C@H]3CC[C@]12C. The number of allylic oxidation sites excluding steroid dienone is 2. The maximum atomic E-state index is 9.87. The molecule has 1 heteroatoms. The number of phenols is 1. The van der Waals surface area contributed by atoms with E-state index in [9.17, 15) is 5.11 Å². The second kappa shape index (κ2) is 7.30. The molecular weight excluding hydrogens is 328 g/mol. The van der Waals surface area contributed by atoms with Crippen LogP contribution in [0.2, 0.25) is 0 Å². The van der Waals surface area contributed by atoms with Crippen molar-refractivity contribution in [2.24, 2.45) is 35.0 Å². The van der Waals surface area contributed by atoms with Crippen LogP contribution in [0.25, 0.3) is 0 Å². The Morgan fingerprint density at radius 2 is 1.96 bits per heavy atom. The van der Waals surface area contributed by atoms with Crippen molar-refractivity contribution in [3.05, 3.63) is 41.5 Å². The van der Waals surface area contributed by atoms with E-state index in [1.165, 1.54) is 44.1 Å². The summed E-state index contributed by atoms with van der Waals surface area (Å²) < 4.78 is 0. The van der Waals surface area contributed by atoms with Gasteiger partial charge in [0.15, 0.2) is 0 Å². The van der Waals surface area contributed by atoms with E-state index in [0.717, 1.165) is 36.0 Å². The van der Waals surface area contributed by atoms with Crippen molar-refractivity contribution in [3.63, 3.8) is 0 Å². The number of aromatic hydroxyl groups is 1. The summed E-state index contributed by atoms with van der Waals surface area (Å²) in [4.78, 5) is 0. The predicted octanol–water partition coefficient (Wildman–Crippen LogP) is 7.10. The summed E-state index contributed by atoms with van der Waals surface area (Å²) in [7, 11) is 0. The normalized spacial score (nSPS) is 36.5. The van der Waals surface area contributed by atoms with Crippen molar-refractivity contribution in [3.8, 4) is 5.75 Å². The van der Waals surface area contributed by atoms with Crippen LogP contribution in [-0.4, -0.2) is 5.11 Å². The minimum atomic E-state index is 0.441. The standard InChI is InChI=1S/C26H38O/c1-17(2)6-5-7-18(3)24-12-13-25-23-10-8-19-16-20(27)9-11-21(19)22(23)14-15-26(24,25)4/h5,7,9,11,16-18,22-25,27H,6,8,10,12-15H2,1-4H3/t18-,22-,23-,24-,25+,26-/m1/s1. The molecule has 3 aliphatic carbocycles. The van der Waals surface area contributed by atoms with Gasteiger partial charge in [0, 0.05) is 0 Å². The fourth-order valence-electron chi connectivity index (χ4n) is 7.17. The van der Waals surface area contributed by atoms with Gasteiger partial charge < -0.3 is 5.11 Å². The Bertz CT molecular complexity index is 702. The van der Waals surface area contributed by atoms with Gasteiger partial charge in [0.1, 0.15) is 5.75 Å². The second-order valence-corrected chi connectivity index (χ2v) is 10.4. The minimum absolute atomic E-state index is 0.441. The average molecular weight is 367 g/mol. The Labute approximate surface area is 166 Å². The van der Waals surface area contributed by atoms with E-state index in [4.69, 9.17) is 0 Å². The third-order valence-corrected chi connectivity index (χ3v) is 8.47. The molecule has 148 valence electrons. The lowest BCUT2D eigenvalue weighted by atomic mass is 9.53. The first-order chi connectivity index (χ1) is 12.9. The smallest absolute Gasteiger partial charge is 0.115 e. The fraction of sp³-hybridized carbons (Fsp3) is 0.692. The van der Waals surface area contributed by atoms with Gasteiger partial charge in [-0.1, -0.05) is 45.9 Å². The molecule has 3 aliphatic rings. The molecule has 0 amide bonds. The van der Waals surface area contributed by atoms with Crippen LogP contribution in [-0.2, 0) is 6.42 Å². The third kappa shape index (κ3) is 3.36. The maximum Gasteiger partial charge on any atom is 0.115 e. The van der Waals surface area contributed by atoms with Gasteiger partial charge in [-0.25, -0.2) is 0 Å². The molecule has 0 bridgehead atoms. The summed E-state index contributed by atoms with van der Waals surface area (Å²) in [5, 5.41) is 9.87. The highest BCUT2D eigenvalue weighted by Crippen LogP contribution is 2.64. The number of fused-ring (bicyclic) bond motifs is 5. The van der Waals surface area contributed by atoms with E-state index < -0.39 is 0 Å². The Balaban J connectivity index is 1.53. The first-order valence-electron chi connectivity index (χ1n) is 11.4. The van der Waals surface area contributed by atoms with Gasteiger partial charge in [-0.15, -0.1) is 0 Å². The minimum Gasteiger partial charge on any atom is -0.508 e. The zero-order chi connectivity index (χ0) is 19.2. The summed E-state index contributed by atoms with van der Waals surface area (Å²) in [6, 6.07) is 6.17. The van der Waals surface area contributed by atoms with Gasteiger partial charge in [0.05, 0.1) is 0 Å². The van der Waals surface area contributed by atoms with Gasteiger partial charge >= 0.3 is 0 Å². The number of hydrogen-bond acceptors (Lipinski definition) is 1. The molecule has 1 aromatic rings. The molecule has 1 N–H and O–H groups in total. The van der Waals surface area contributed by atoms with Gasteiger partial charge in [-0.3, -0.25) is 0 Å². The summed E-state index contributed by atoms with van der Waals surface area (Å²) >= 11 is 0. The lowest BCUT2D eigenvalue weighted by molar-refractivity contribution is 0.0178. The van der Waals surface area contributed by atoms with Crippen LogP contribution >= 0.6 is 0 Å². The van der Waals surface area contributed by atoms with Crippen LogP contribution in [0.5, 0.6) is 5.75 Å². The number of hydrogen-bond donors (Lipinski definition) is 1. The van der Waals surface area contributed by atoms with E-state index in [0.29, 0.717) is 17.1 Å². The summed E-state index contributed by atoms with van der Waals surface area (Å²) in [5.74, 6) is 5.25. The van der Waals surface area contributed by atoms with Crippen LogP contribution in [0.4, 0.5) is 0 Å². The van der Waals surface area contributed by atoms with Crippen molar-refractivity contribution in [2.75, 3.05) is 0 Å². The lowest BCUT2D eigenvalue weighted by Gasteiger charge is -2.51. The Morgan fingerprint density at radius 3 is 2.74 bits per heavy atom. The zero-order valence-electron chi connectivity index (χ0n) is 17.7. The molecule has 6 atom stereocenters. The molecule has 4 rings (SSSR count). The van der Waals surface area contributed by atoms with E-state index in [1.54, 1.807) is 5.56 Å². The zero-order valence-corrected chi connectivity index (χ0v) is 17.7. The quantitative estimate of drug-likeness (QED) is 0.563. The van der Waals surface area contributed by atoms with Gasteiger partial charge in [-0.05, 0) is 109 Å². The molecule has 1 nitrogen and oxygen atoms in total. The van der Waals surface area contributed by atoms with Gasteiger partial charge in [-0.2, -0.15) is 0 Å². The highest BCUT2D eigenvalue weighted by atomic mass is 16.3. The van der Waals surface area contributed by atoms with Crippen molar-refractivity contribution in [1.29, 1.82) is 0 Å². The van der Waals surface area contributed by atoms with Crippen LogP contribution in [0.1, 0.15) is 83.3 Å². The highest BCUT2D eigenvalue weighted by Gasteiger charge is 2.55. The molecule has 0 unspecified atom stereocenters. The molecule has 0 radical (unpaired) electrons. The molecule has 0 heterocycles. The third-order valence-electron chi connectivity index (χ3n) is 8.47. The topological polar surface area (TPSA) is 20.2 Å². The molecule has 1 aromatic carbocycles. The summed E-state index contributed by atoms with van der Waals surface area (Å²) in [6.45, 7) is 9.72. The van der Waals surface area contributed by atoms with E-state index in [1.807, 2.05) is 12.1 Å². The van der Waals surface area contributed by atoms with Crippen LogP contribution in [0.15, 0.2) is 30.4 Å². The molecule has 0 saturated heterocycles. The summed E-state index contributed by atoms with van der Waals surface area (Å²) in [6.07, 6.45) is 14.2. The van der Waals surface area contributed by atoms with Gasteiger partial charge in [0.2, 0.25) is 0 Å². The summed E-state index contributed by atoms with van der Waals surface area (Å²) in [5.41, 5.74) is 3.50. The Morgan fingerprint density at radius 1 is 1.15 bits per heavy atom. The van der Waals surface area contributed by atoms with E-state index in [2.05, 4.69) is 45.9 Å². The van der Waals surface area contributed by atoms with Crippen LogP contribution in [0, 0.1) is 35.0 Å².